The van der Waals surface area contributed by atoms with Crippen molar-refractivity contribution in [2.75, 3.05) is 6.61 Å². The van der Waals surface area contributed by atoms with Crippen LogP contribution in [0.5, 0.6) is 0 Å². The molecule has 2 N–H and O–H groups in total. The lowest BCUT2D eigenvalue weighted by atomic mass is 10.2. The molecule has 2 heterocycles. The van der Waals surface area contributed by atoms with E-state index in [4.69, 9.17) is 4.74 Å². The molecule has 8 heteroatoms. The summed E-state index contributed by atoms with van der Waals surface area (Å²) in [7, 11) is 0. The van der Waals surface area contributed by atoms with Gasteiger partial charge in [0.15, 0.2) is 0 Å². The molecule has 0 amide bonds. The summed E-state index contributed by atoms with van der Waals surface area (Å²) in [4.78, 5) is 32.7. The molecule has 3 aromatic rings. The lowest BCUT2D eigenvalue weighted by molar-refractivity contribution is 0.0531. The van der Waals surface area contributed by atoms with Gasteiger partial charge in [0.2, 0.25) is 0 Å². The van der Waals surface area contributed by atoms with Gasteiger partial charge < -0.3 is 15.0 Å². The second-order valence-electron chi connectivity index (χ2n) is 6.10. The van der Waals surface area contributed by atoms with E-state index in [1.807, 2.05) is 6.92 Å². The van der Waals surface area contributed by atoms with Crippen molar-refractivity contribution in [3.63, 3.8) is 0 Å². The molecule has 1 unspecified atom stereocenters. The Bertz CT molecular complexity index is 1040. The minimum Gasteiger partial charge on any atom is -0.462 e. The number of aryl methyl sites for hydroxylation is 1. The third kappa shape index (κ3) is 3.91. The van der Waals surface area contributed by atoms with Crippen molar-refractivity contribution in [3.05, 3.63) is 62.3 Å². The molecule has 142 valence electrons. The predicted molar refractivity (Wildman–Crippen MR) is 103 cm³/mol. The number of fused-ring (bicyclic) bond motifs is 1. The summed E-state index contributed by atoms with van der Waals surface area (Å²) in [5, 5.41) is 3.55. The van der Waals surface area contributed by atoms with E-state index in [2.05, 4.69) is 15.3 Å². The van der Waals surface area contributed by atoms with E-state index in [-0.39, 0.29) is 24.0 Å². The van der Waals surface area contributed by atoms with Gasteiger partial charge in [-0.05, 0) is 32.4 Å². The maximum atomic E-state index is 13.7. The van der Waals surface area contributed by atoms with E-state index in [9.17, 15) is 14.0 Å². The molecule has 1 atom stereocenters. The summed E-state index contributed by atoms with van der Waals surface area (Å²) in [6.45, 7) is 5.83. The van der Waals surface area contributed by atoms with Gasteiger partial charge in [-0.1, -0.05) is 18.2 Å². The van der Waals surface area contributed by atoms with Gasteiger partial charge in [0.05, 0.1) is 18.0 Å². The standard InChI is InChI=1S/C19H20FN3O3S/c1-4-26-19(25)15-10(2)14-17(24)22-16(23-18(14)27-15)11(3)21-9-12-7-5-6-8-13(12)20/h5-8,11,21H,4,9H2,1-3H3,(H,22,23,24). The second kappa shape index (κ2) is 7.98. The van der Waals surface area contributed by atoms with Crippen LogP contribution in [0.2, 0.25) is 0 Å². The highest BCUT2D eigenvalue weighted by atomic mass is 32.1. The monoisotopic (exact) mass is 389 g/mol. The van der Waals surface area contributed by atoms with Crippen molar-refractivity contribution in [3.8, 4) is 0 Å². The van der Waals surface area contributed by atoms with Crippen LogP contribution in [-0.4, -0.2) is 22.5 Å². The van der Waals surface area contributed by atoms with Gasteiger partial charge in [-0.2, -0.15) is 0 Å². The fourth-order valence-electron chi connectivity index (χ4n) is 2.76. The highest BCUT2D eigenvalue weighted by Crippen LogP contribution is 2.28. The number of esters is 1. The SMILES string of the molecule is CCOC(=O)c1sc2nc(C(C)NCc3ccccc3F)[nH]c(=O)c2c1C. The molecular formula is C19H20FN3O3S. The van der Waals surface area contributed by atoms with Crippen LogP contribution in [0.3, 0.4) is 0 Å². The van der Waals surface area contributed by atoms with Gasteiger partial charge >= 0.3 is 5.97 Å². The molecule has 0 saturated heterocycles. The van der Waals surface area contributed by atoms with E-state index >= 15 is 0 Å². The molecule has 0 fully saturated rings. The third-order valence-corrected chi connectivity index (χ3v) is 5.41. The lowest BCUT2D eigenvalue weighted by Gasteiger charge is -2.13. The third-order valence-electron chi connectivity index (χ3n) is 4.25. The topological polar surface area (TPSA) is 84.1 Å². The molecule has 0 aliphatic carbocycles. The van der Waals surface area contributed by atoms with Crippen molar-refractivity contribution >= 4 is 27.5 Å². The molecule has 0 spiro atoms. The van der Waals surface area contributed by atoms with Crippen molar-refractivity contribution in [2.45, 2.75) is 33.4 Å². The highest BCUT2D eigenvalue weighted by molar-refractivity contribution is 7.20. The van der Waals surface area contributed by atoms with Crippen LogP contribution in [0.25, 0.3) is 10.2 Å². The highest BCUT2D eigenvalue weighted by Gasteiger charge is 2.21. The summed E-state index contributed by atoms with van der Waals surface area (Å²) in [5.41, 5.74) is 0.795. The van der Waals surface area contributed by atoms with Crippen molar-refractivity contribution in [2.24, 2.45) is 0 Å². The van der Waals surface area contributed by atoms with Gasteiger partial charge in [-0.3, -0.25) is 4.79 Å². The summed E-state index contributed by atoms with van der Waals surface area (Å²) in [6.07, 6.45) is 0. The van der Waals surface area contributed by atoms with Crippen LogP contribution in [0.4, 0.5) is 4.39 Å². The second-order valence-corrected chi connectivity index (χ2v) is 7.10. The number of H-pyrrole nitrogens is 1. The Morgan fingerprint density at radius 1 is 1.41 bits per heavy atom. The van der Waals surface area contributed by atoms with E-state index < -0.39 is 5.97 Å². The number of aromatic nitrogens is 2. The Labute approximate surface area is 159 Å². The maximum absolute atomic E-state index is 13.7. The van der Waals surface area contributed by atoms with E-state index in [0.29, 0.717) is 38.6 Å². The molecule has 1 aromatic carbocycles. The molecule has 2 aromatic heterocycles. The fraction of sp³-hybridized carbons (Fsp3) is 0.316. The number of nitrogens with one attached hydrogen (secondary N) is 2. The molecule has 0 saturated carbocycles. The number of hydrogen-bond donors (Lipinski definition) is 2. The molecule has 0 aliphatic rings. The van der Waals surface area contributed by atoms with Crippen LogP contribution in [0.15, 0.2) is 29.1 Å². The number of carbonyl (C=O) groups excluding carboxylic acids is 1. The first-order valence-electron chi connectivity index (χ1n) is 8.59. The normalized spacial score (nSPS) is 12.3. The summed E-state index contributed by atoms with van der Waals surface area (Å²) in [5.74, 6) is -0.313. The first-order valence-corrected chi connectivity index (χ1v) is 9.41. The van der Waals surface area contributed by atoms with Gasteiger partial charge in [-0.15, -0.1) is 11.3 Å². The van der Waals surface area contributed by atoms with Crippen LogP contribution in [-0.2, 0) is 11.3 Å². The zero-order chi connectivity index (χ0) is 19.6. The molecule has 0 bridgehead atoms. The van der Waals surface area contributed by atoms with E-state index in [0.717, 1.165) is 11.3 Å². The summed E-state index contributed by atoms with van der Waals surface area (Å²) in [6, 6.07) is 6.19. The van der Waals surface area contributed by atoms with Gasteiger partial charge in [0, 0.05) is 12.1 Å². The van der Waals surface area contributed by atoms with Crippen LogP contribution in [0.1, 0.15) is 46.5 Å². The Hall–Kier alpha value is -2.58. The number of hydrogen-bond acceptors (Lipinski definition) is 6. The molecule has 3 rings (SSSR count). The zero-order valence-corrected chi connectivity index (χ0v) is 16.1. The molecule has 27 heavy (non-hydrogen) atoms. The minimum atomic E-state index is -0.454. The number of carbonyl (C=O) groups is 1. The summed E-state index contributed by atoms with van der Waals surface area (Å²) < 4.78 is 18.8. The largest absolute Gasteiger partial charge is 0.462 e. The van der Waals surface area contributed by atoms with Crippen molar-refractivity contribution in [1.29, 1.82) is 0 Å². The first kappa shape index (κ1) is 19.2. The Morgan fingerprint density at radius 3 is 2.85 bits per heavy atom. The number of rotatable bonds is 6. The quantitative estimate of drug-likeness (QED) is 0.631. The molecule has 0 aliphatic heterocycles. The van der Waals surface area contributed by atoms with Gasteiger partial charge in [-0.25, -0.2) is 14.2 Å². The average Bonchev–Trinajstić information content (AvgIpc) is 2.98. The predicted octanol–water partition coefficient (Wildman–Crippen LogP) is 3.46. The molecule has 0 radical (unpaired) electrons. The van der Waals surface area contributed by atoms with Gasteiger partial charge in [0.25, 0.3) is 5.56 Å². The number of ether oxygens (including phenoxy) is 1. The molecule has 6 nitrogen and oxygen atoms in total. The lowest BCUT2D eigenvalue weighted by Crippen LogP contribution is -2.23. The number of benzene rings is 1. The van der Waals surface area contributed by atoms with Crippen molar-refractivity contribution < 1.29 is 13.9 Å². The zero-order valence-electron chi connectivity index (χ0n) is 15.3. The number of thiophene rings is 1. The number of aromatic amines is 1. The Kier molecular flexibility index (Phi) is 5.67. The smallest absolute Gasteiger partial charge is 0.348 e. The Morgan fingerprint density at radius 2 is 2.15 bits per heavy atom. The maximum Gasteiger partial charge on any atom is 0.348 e. The van der Waals surface area contributed by atoms with E-state index in [1.165, 1.54) is 6.07 Å². The molecular weight excluding hydrogens is 369 g/mol. The van der Waals surface area contributed by atoms with Crippen LogP contribution in [0, 0.1) is 12.7 Å². The first-order chi connectivity index (χ1) is 12.9. The number of nitrogens with zero attached hydrogens (tertiary/aromatic N) is 1. The van der Waals surface area contributed by atoms with Crippen LogP contribution >= 0.6 is 11.3 Å². The van der Waals surface area contributed by atoms with Crippen LogP contribution < -0.4 is 10.9 Å². The minimum absolute atomic E-state index is 0.262. The fourth-order valence-corrected chi connectivity index (χ4v) is 3.84. The van der Waals surface area contributed by atoms with Gasteiger partial charge in [0.1, 0.15) is 21.3 Å². The van der Waals surface area contributed by atoms with Crippen molar-refractivity contribution in [1.82, 2.24) is 15.3 Å². The Balaban J connectivity index is 1.88. The summed E-state index contributed by atoms with van der Waals surface area (Å²) >= 11 is 1.14. The number of halogens is 1. The van der Waals surface area contributed by atoms with E-state index in [1.54, 1.807) is 32.0 Å². The average molecular weight is 389 g/mol.